The molecule has 0 aliphatic heterocycles. The summed E-state index contributed by atoms with van der Waals surface area (Å²) in [5, 5.41) is 5.35. The highest BCUT2D eigenvalue weighted by Crippen LogP contribution is 2.22. The maximum Gasteiger partial charge on any atom is 0.251 e. The molecule has 0 aliphatic carbocycles. The Hall–Kier alpha value is -2.24. The molecule has 0 radical (unpaired) electrons. The van der Waals surface area contributed by atoms with Crippen molar-refractivity contribution in [2.75, 3.05) is 27.3 Å². The molecule has 1 rings (SSSR count). The molecule has 6 nitrogen and oxygen atoms in total. The Kier molecular flexibility index (Phi) is 7.81. The van der Waals surface area contributed by atoms with Crippen molar-refractivity contribution >= 4 is 11.8 Å². The van der Waals surface area contributed by atoms with Crippen molar-refractivity contribution in [2.45, 2.75) is 26.2 Å². The van der Waals surface area contributed by atoms with Crippen LogP contribution in [0.3, 0.4) is 0 Å². The van der Waals surface area contributed by atoms with Crippen LogP contribution in [-0.4, -0.2) is 39.1 Å². The fraction of sp³-hybridized carbons (Fsp3) is 0.500. The Balaban J connectivity index is 2.49. The molecule has 0 unspecified atom stereocenters. The van der Waals surface area contributed by atoms with Gasteiger partial charge in [0.05, 0.1) is 20.8 Å². The second-order valence-electron chi connectivity index (χ2n) is 4.84. The van der Waals surface area contributed by atoms with Crippen LogP contribution < -0.4 is 20.1 Å². The molecule has 2 amide bonds. The molecule has 0 fully saturated rings. The molecule has 6 heteroatoms. The lowest BCUT2D eigenvalue weighted by Gasteiger charge is -2.09. The van der Waals surface area contributed by atoms with Gasteiger partial charge in [0, 0.05) is 18.2 Å². The van der Waals surface area contributed by atoms with Crippen LogP contribution in [0.4, 0.5) is 0 Å². The van der Waals surface area contributed by atoms with Gasteiger partial charge in [-0.15, -0.1) is 0 Å². The lowest BCUT2D eigenvalue weighted by molar-refractivity contribution is -0.120. The number of hydrogen-bond donors (Lipinski definition) is 2. The normalized spacial score (nSPS) is 9.95. The first-order valence-electron chi connectivity index (χ1n) is 7.38. The summed E-state index contributed by atoms with van der Waals surface area (Å²) in [6, 6.07) is 4.87. The number of amides is 2. The molecule has 0 atom stereocenters. The molecule has 1 aromatic rings. The highest BCUT2D eigenvalue weighted by atomic mass is 16.5. The van der Waals surface area contributed by atoms with Gasteiger partial charge < -0.3 is 20.1 Å². The van der Waals surface area contributed by atoms with E-state index >= 15 is 0 Å². The third-order valence-electron chi connectivity index (χ3n) is 3.13. The van der Waals surface area contributed by atoms with Gasteiger partial charge in [0.15, 0.2) is 0 Å². The van der Waals surface area contributed by atoms with E-state index < -0.39 is 0 Å². The van der Waals surface area contributed by atoms with E-state index in [1.165, 1.54) is 14.2 Å². The summed E-state index contributed by atoms with van der Waals surface area (Å²) >= 11 is 0. The smallest absolute Gasteiger partial charge is 0.251 e. The van der Waals surface area contributed by atoms with Gasteiger partial charge in [-0.2, -0.15) is 0 Å². The van der Waals surface area contributed by atoms with Gasteiger partial charge in [-0.05, 0) is 18.6 Å². The minimum atomic E-state index is -0.346. The number of hydrogen-bond acceptors (Lipinski definition) is 4. The first kappa shape index (κ1) is 17.8. The molecular weight excluding hydrogens is 284 g/mol. The summed E-state index contributed by atoms with van der Waals surface area (Å²) in [5.41, 5.74) is 0.384. The van der Waals surface area contributed by atoms with E-state index in [9.17, 15) is 9.59 Å². The third kappa shape index (κ3) is 6.03. The topological polar surface area (TPSA) is 76.7 Å². The minimum Gasteiger partial charge on any atom is -0.497 e. The SMILES string of the molecule is CCCCCNC(=O)CNC(=O)c1cc(OC)cc(OC)c1. The highest BCUT2D eigenvalue weighted by molar-refractivity contribution is 5.97. The van der Waals surface area contributed by atoms with Crippen LogP contribution in [0, 0.1) is 0 Å². The fourth-order valence-electron chi connectivity index (χ4n) is 1.87. The van der Waals surface area contributed by atoms with Gasteiger partial charge in [-0.3, -0.25) is 9.59 Å². The molecule has 1 aromatic carbocycles. The number of benzene rings is 1. The van der Waals surface area contributed by atoms with Crippen LogP contribution in [0.15, 0.2) is 18.2 Å². The standard InChI is InChI=1S/C16H24N2O4/c1-4-5-6-7-17-15(19)11-18-16(20)12-8-13(21-2)10-14(9-12)22-3/h8-10H,4-7,11H2,1-3H3,(H,17,19)(H,18,20). The van der Waals surface area contributed by atoms with E-state index in [2.05, 4.69) is 17.6 Å². The summed E-state index contributed by atoms with van der Waals surface area (Å²) in [6.07, 6.45) is 3.13. The van der Waals surface area contributed by atoms with Crippen molar-refractivity contribution in [3.63, 3.8) is 0 Å². The molecule has 122 valence electrons. The van der Waals surface area contributed by atoms with Gasteiger partial charge in [-0.1, -0.05) is 19.8 Å². The van der Waals surface area contributed by atoms with E-state index in [0.29, 0.717) is 23.6 Å². The van der Waals surface area contributed by atoms with Crippen molar-refractivity contribution < 1.29 is 19.1 Å². The van der Waals surface area contributed by atoms with E-state index in [1.807, 2.05) is 0 Å². The Morgan fingerprint density at radius 2 is 1.64 bits per heavy atom. The van der Waals surface area contributed by atoms with Crippen molar-refractivity contribution in [2.24, 2.45) is 0 Å². The molecular formula is C16H24N2O4. The van der Waals surface area contributed by atoms with Crippen LogP contribution in [-0.2, 0) is 4.79 Å². The lowest BCUT2D eigenvalue weighted by Crippen LogP contribution is -2.37. The zero-order valence-corrected chi connectivity index (χ0v) is 13.4. The van der Waals surface area contributed by atoms with Crippen LogP contribution in [0.2, 0.25) is 0 Å². The van der Waals surface area contributed by atoms with E-state index in [0.717, 1.165) is 19.3 Å². The number of methoxy groups -OCH3 is 2. The second kappa shape index (κ2) is 9.65. The van der Waals surface area contributed by atoms with Crippen LogP contribution >= 0.6 is 0 Å². The summed E-state index contributed by atoms with van der Waals surface area (Å²) in [6.45, 7) is 2.68. The summed E-state index contributed by atoms with van der Waals surface area (Å²) < 4.78 is 10.2. The van der Waals surface area contributed by atoms with Gasteiger partial charge in [-0.25, -0.2) is 0 Å². The van der Waals surface area contributed by atoms with E-state index in [-0.39, 0.29) is 18.4 Å². The van der Waals surface area contributed by atoms with E-state index in [1.54, 1.807) is 18.2 Å². The Bertz CT molecular complexity index is 481. The zero-order valence-electron chi connectivity index (χ0n) is 13.4. The highest BCUT2D eigenvalue weighted by Gasteiger charge is 2.11. The predicted molar refractivity (Wildman–Crippen MR) is 84.4 cm³/mol. The number of nitrogens with one attached hydrogen (secondary N) is 2. The van der Waals surface area contributed by atoms with Crippen molar-refractivity contribution in [3.8, 4) is 11.5 Å². The predicted octanol–water partition coefficient (Wildman–Crippen LogP) is 1.74. The lowest BCUT2D eigenvalue weighted by atomic mass is 10.2. The average Bonchev–Trinajstić information content (AvgIpc) is 2.55. The molecule has 0 bridgehead atoms. The molecule has 0 aliphatic rings. The van der Waals surface area contributed by atoms with Crippen LogP contribution in [0.1, 0.15) is 36.5 Å². The average molecular weight is 308 g/mol. The number of ether oxygens (including phenoxy) is 2. The Morgan fingerprint density at radius 1 is 1.00 bits per heavy atom. The summed E-state index contributed by atoms with van der Waals surface area (Å²) in [5.74, 6) is 0.502. The summed E-state index contributed by atoms with van der Waals surface area (Å²) in [7, 11) is 3.03. The molecule has 22 heavy (non-hydrogen) atoms. The van der Waals surface area contributed by atoms with Gasteiger partial charge in [0.25, 0.3) is 5.91 Å². The molecule has 0 saturated heterocycles. The van der Waals surface area contributed by atoms with Gasteiger partial charge in [0.1, 0.15) is 11.5 Å². The maximum atomic E-state index is 12.1. The zero-order chi connectivity index (χ0) is 16.4. The van der Waals surface area contributed by atoms with Crippen LogP contribution in [0.5, 0.6) is 11.5 Å². The first-order valence-corrected chi connectivity index (χ1v) is 7.38. The van der Waals surface area contributed by atoms with Crippen molar-refractivity contribution in [3.05, 3.63) is 23.8 Å². The van der Waals surface area contributed by atoms with Gasteiger partial charge in [0.2, 0.25) is 5.91 Å². The Morgan fingerprint density at radius 3 is 2.18 bits per heavy atom. The number of rotatable bonds is 9. The van der Waals surface area contributed by atoms with E-state index in [4.69, 9.17) is 9.47 Å². The largest absolute Gasteiger partial charge is 0.497 e. The number of carbonyl (C=O) groups is 2. The fourth-order valence-corrected chi connectivity index (χ4v) is 1.87. The van der Waals surface area contributed by atoms with Gasteiger partial charge >= 0.3 is 0 Å². The quantitative estimate of drug-likeness (QED) is 0.681. The number of carbonyl (C=O) groups excluding carboxylic acids is 2. The monoisotopic (exact) mass is 308 g/mol. The summed E-state index contributed by atoms with van der Waals surface area (Å²) in [4.78, 5) is 23.7. The minimum absolute atomic E-state index is 0.0511. The maximum absolute atomic E-state index is 12.1. The molecule has 0 spiro atoms. The molecule has 2 N–H and O–H groups in total. The molecule has 0 heterocycles. The third-order valence-corrected chi connectivity index (χ3v) is 3.13. The first-order chi connectivity index (χ1) is 10.6. The second-order valence-corrected chi connectivity index (χ2v) is 4.84. The van der Waals surface area contributed by atoms with Crippen molar-refractivity contribution in [1.29, 1.82) is 0 Å². The van der Waals surface area contributed by atoms with Crippen molar-refractivity contribution in [1.82, 2.24) is 10.6 Å². The van der Waals surface area contributed by atoms with Crippen LogP contribution in [0.25, 0.3) is 0 Å². The Labute approximate surface area is 131 Å². The molecule has 0 saturated carbocycles. The molecule has 0 aromatic heterocycles. The number of unbranched alkanes of at least 4 members (excludes halogenated alkanes) is 2.